The maximum Gasteiger partial charge on any atom is 0.255 e. The summed E-state index contributed by atoms with van der Waals surface area (Å²) in [7, 11) is 0. The Kier molecular flexibility index (Phi) is 4.75. The number of carbonyl (C=O) groups is 1. The van der Waals surface area contributed by atoms with E-state index in [2.05, 4.69) is 25.7 Å². The lowest BCUT2D eigenvalue weighted by atomic mass is 10.1. The Hall–Kier alpha value is -3.33. The molecule has 1 aliphatic heterocycles. The van der Waals surface area contributed by atoms with Gasteiger partial charge in [0.25, 0.3) is 5.91 Å². The molecule has 9 heteroatoms. The Morgan fingerprint density at radius 1 is 1.15 bits per heavy atom. The maximum atomic E-state index is 13.5. The molecule has 0 radical (unpaired) electrons. The molecule has 1 saturated heterocycles. The van der Waals surface area contributed by atoms with Crippen molar-refractivity contribution in [3.05, 3.63) is 60.2 Å². The molecule has 1 fully saturated rings. The van der Waals surface area contributed by atoms with Crippen LogP contribution in [-0.4, -0.2) is 52.4 Å². The lowest BCUT2D eigenvalue weighted by Crippen LogP contribution is -2.36. The monoisotopic (exact) mass is 368 g/mol. The van der Waals surface area contributed by atoms with E-state index in [0.29, 0.717) is 37.7 Å². The SMILES string of the molecule is O=C(Nc1cc(-n2cnnn2)ccc1N1CCOCC1)c1cccc(F)c1. The molecule has 2 heterocycles. The minimum Gasteiger partial charge on any atom is -0.378 e. The van der Waals surface area contributed by atoms with Gasteiger partial charge in [-0.15, -0.1) is 5.10 Å². The number of amides is 1. The third-order valence-corrected chi connectivity index (χ3v) is 4.28. The lowest BCUT2D eigenvalue weighted by molar-refractivity contribution is 0.102. The van der Waals surface area contributed by atoms with Crippen LogP contribution in [-0.2, 0) is 4.74 Å². The van der Waals surface area contributed by atoms with Gasteiger partial charge in [0, 0.05) is 18.7 Å². The molecule has 27 heavy (non-hydrogen) atoms. The van der Waals surface area contributed by atoms with E-state index in [4.69, 9.17) is 4.74 Å². The van der Waals surface area contributed by atoms with Gasteiger partial charge in [0.2, 0.25) is 0 Å². The first-order chi connectivity index (χ1) is 13.2. The van der Waals surface area contributed by atoms with Gasteiger partial charge in [-0.1, -0.05) is 6.07 Å². The molecule has 0 spiro atoms. The maximum absolute atomic E-state index is 13.5. The number of anilines is 2. The van der Waals surface area contributed by atoms with Crippen molar-refractivity contribution in [3.8, 4) is 5.69 Å². The summed E-state index contributed by atoms with van der Waals surface area (Å²) < 4.78 is 20.4. The molecule has 0 bridgehead atoms. The lowest BCUT2D eigenvalue weighted by Gasteiger charge is -2.30. The fraction of sp³-hybridized carbons (Fsp3) is 0.222. The van der Waals surface area contributed by atoms with Crippen molar-refractivity contribution in [1.82, 2.24) is 20.2 Å². The number of ether oxygens (including phenoxy) is 1. The summed E-state index contributed by atoms with van der Waals surface area (Å²) in [5.41, 5.74) is 2.40. The van der Waals surface area contributed by atoms with Crippen LogP contribution in [0.1, 0.15) is 10.4 Å². The van der Waals surface area contributed by atoms with Crippen LogP contribution in [0.15, 0.2) is 48.8 Å². The highest BCUT2D eigenvalue weighted by molar-refractivity contribution is 6.06. The third kappa shape index (κ3) is 3.77. The molecule has 3 aromatic rings. The molecule has 1 N–H and O–H groups in total. The van der Waals surface area contributed by atoms with Crippen LogP contribution in [0.5, 0.6) is 0 Å². The first-order valence-electron chi connectivity index (χ1n) is 8.48. The van der Waals surface area contributed by atoms with Gasteiger partial charge in [-0.05, 0) is 46.8 Å². The molecular weight excluding hydrogens is 351 g/mol. The number of carbonyl (C=O) groups excluding carboxylic acids is 1. The van der Waals surface area contributed by atoms with Crippen LogP contribution in [0.3, 0.4) is 0 Å². The first kappa shape index (κ1) is 17.1. The fourth-order valence-corrected chi connectivity index (χ4v) is 2.95. The molecule has 1 aliphatic rings. The summed E-state index contributed by atoms with van der Waals surface area (Å²) in [5, 5.41) is 14.0. The standard InChI is InChI=1S/C18H17FN6O2/c19-14-3-1-2-13(10-14)18(26)21-16-11-15(25-12-20-22-23-25)4-5-17(16)24-6-8-27-9-7-24/h1-5,10-12H,6-9H2,(H,21,26). The molecule has 4 rings (SSSR count). The third-order valence-electron chi connectivity index (χ3n) is 4.28. The Labute approximate surface area is 154 Å². The van der Waals surface area contributed by atoms with Gasteiger partial charge >= 0.3 is 0 Å². The van der Waals surface area contributed by atoms with E-state index in [9.17, 15) is 9.18 Å². The minimum atomic E-state index is -0.460. The van der Waals surface area contributed by atoms with Crippen LogP contribution < -0.4 is 10.2 Å². The predicted molar refractivity (Wildman–Crippen MR) is 96.5 cm³/mol. The number of nitrogens with zero attached hydrogens (tertiary/aromatic N) is 5. The van der Waals surface area contributed by atoms with Crippen LogP contribution in [0.25, 0.3) is 5.69 Å². The normalized spacial score (nSPS) is 14.2. The van der Waals surface area contributed by atoms with Gasteiger partial charge in [-0.3, -0.25) is 4.79 Å². The Morgan fingerprint density at radius 2 is 2.00 bits per heavy atom. The van der Waals surface area contributed by atoms with E-state index < -0.39 is 11.7 Å². The molecular formula is C18H17FN6O2. The second-order valence-corrected chi connectivity index (χ2v) is 6.02. The highest BCUT2D eigenvalue weighted by Gasteiger charge is 2.18. The summed E-state index contributed by atoms with van der Waals surface area (Å²) in [4.78, 5) is 14.8. The smallest absolute Gasteiger partial charge is 0.255 e. The number of rotatable bonds is 4. The van der Waals surface area contributed by atoms with E-state index in [1.807, 2.05) is 12.1 Å². The van der Waals surface area contributed by atoms with Crippen molar-refractivity contribution < 1.29 is 13.9 Å². The van der Waals surface area contributed by atoms with Crippen LogP contribution in [0.2, 0.25) is 0 Å². The van der Waals surface area contributed by atoms with Crippen molar-refractivity contribution in [1.29, 1.82) is 0 Å². The van der Waals surface area contributed by atoms with Gasteiger partial charge in [-0.25, -0.2) is 9.07 Å². The summed E-state index contributed by atoms with van der Waals surface area (Å²) >= 11 is 0. The number of nitrogens with one attached hydrogen (secondary N) is 1. The molecule has 2 aromatic carbocycles. The van der Waals surface area contributed by atoms with Crippen molar-refractivity contribution in [2.75, 3.05) is 36.5 Å². The number of aromatic nitrogens is 4. The minimum absolute atomic E-state index is 0.246. The number of hydrogen-bond acceptors (Lipinski definition) is 6. The van der Waals surface area contributed by atoms with Crippen LogP contribution >= 0.6 is 0 Å². The van der Waals surface area contributed by atoms with E-state index in [-0.39, 0.29) is 5.56 Å². The first-order valence-corrected chi connectivity index (χ1v) is 8.48. The molecule has 0 aliphatic carbocycles. The highest BCUT2D eigenvalue weighted by Crippen LogP contribution is 2.29. The summed E-state index contributed by atoms with van der Waals surface area (Å²) in [6, 6.07) is 11.1. The van der Waals surface area contributed by atoms with Gasteiger partial charge in [0.15, 0.2) is 0 Å². The average Bonchev–Trinajstić information content (AvgIpc) is 3.23. The number of halogens is 1. The van der Waals surface area contributed by atoms with Gasteiger partial charge < -0.3 is 15.0 Å². The number of benzene rings is 2. The van der Waals surface area contributed by atoms with E-state index in [1.54, 1.807) is 12.1 Å². The molecule has 1 aromatic heterocycles. The van der Waals surface area contributed by atoms with E-state index >= 15 is 0 Å². The molecule has 1 amide bonds. The zero-order chi connectivity index (χ0) is 18.6. The molecule has 8 nitrogen and oxygen atoms in total. The van der Waals surface area contributed by atoms with Crippen molar-refractivity contribution in [3.63, 3.8) is 0 Å². The molecule has 138 valence electrons. The van der Waals surface area contributed by atoms with E-state index in [1.165, 1.54) is 29.2 Å². The largest absolute Gasteiger partial charge is 0.378 e. The Morgan fingerprint density at radius 3 is 2.74 bits per heavy atom. The summed E-state index contributed by atoms with van der Waals surface area (Å²) in [6.07, 6.45) is 1.47. The van der Waals surface area contributed by atoms with Gasteiger partial charge in [0.05, 0.1) is 30.3 Å². The quantitative estimate of drug-likeness (QED) is 0.757. The van der Waals surface area contributed by atoms with Crippen molar-refractivity contribution in [2.45, 2.75) is 0 Å². The van der Waals surface area contributed by atoms with E-state index in [0.717, 1.165) is 5.69 Å². The van der Waals surface area contributed by atoms with Gasteiger partial charge in [0.1, 0.15) is 12.1 Å². The van der Waals surface area contributed by atoms with Crippen LogP contribution in [0.4, 0.5) is 15.8 Å². The molecule has 0 atom stereocenters. The fourth-order valence-electron chi connectivity index (χ4n) is 2.95. The molecule has 0 unspecified atom stereocenters. The Balaban J connectivity index is 1.68. The Bertz CT molecular complexity index is 941. The van der Waals surface area contributed by atoms with Gasteiger partial charge in [-0.2, -0.15) is 0 Å². The zero-order valence-electron chi connectivity index (χ0n) is 14.4. The number of tetrazole rings is 1. The number of hydrogen-bond donors (Lipinski definition) is 1. The summed E-state index contributed by atoms with van der Waals surface area (Å²) in [6.45, 7) is 2.66. The predicted octanol–water partition coefficient (Wildman–Crippen LogP) is 1.89. The van der Waals surface area contributed by atoms with Crippen molar-refractivity contribution >= 4 is 17.3 Å². The van der Waals surface area contributed by atoms with Crippen molar-refractivity contribution in [2.24, 2.45) is 0 Å². The topological polar surface area (TPSA) is 85.2 Å². The second-order valence-electron chi connectivity index (χ2n) is 6.02. The molecule has 0 saturated carbocycles. The number of morpholine rings is 1. The highest BCUT2D eigenvalue weighted by atomic mass is 19.1. The van der Waals surface area contributed by atoms with Crippen LogP contribution in [0, 0.1) is 5.82 Å². The summed E-state index contributed by atoms with van der Waals surface area (Å²) in [5.74, 6) is -0.851. The average molecular weight is 368 g/mol. The zero-order valence-corrected chi connectivity index (χ0v) is 14.4. The second kappa shape index (κ2) is 7.50.